The molecule has 0 bridgehead atoms. The summed E-state index contributed by atoms with van der Waals surface area (Å²) in [6.45, 7) is 1.11. The minimum atomic E-state index is -4.75. The van der Waals surface area contributed by atoms with Gasteiger partial charge in [0.1, 0.15) is 5.75 Å². The molecule has 1 aliphatic rings. The first kappa shape index (κ1) is 19.6. The van der Waals surface area contributed by atoms with E-state index in [1.807, 2.05) is 11.9 Å². The third-order valence-corrected chi connectivity index (χ3v) is 4.38. The largest absolute Gasteiger partial charge is 0.573 e. The third-order valence-electron chi connectivity index (χ3n) is 4.38. The van der Waals surface area contributed by atoms with Gasteiger partial charge < -0.3 is 10.1 Å². The molecule has 140 valence electrons. The van der Waals surface area contributed by atoms with Crippen LogP contribution in [-0.4, -0.2) is 37.3 Å². The number of alkyl halides is 3. The van der Waals surface area contributed by atoms with Crippen molar-refractivity contribution in [3.05, 3.63) is 29.8 Å². The van der Waals surface area contributed by atoms with Gasteiger partial charge in [0.15, 0.2) is 0 Å². The molecule has 4 nitrogen and oxygen atoms in total. The SMILES string of the molecule is CN(CC(=O)NCc1ccccc1OC(F)(F)F)CC1CCCCC1. The number of halogens is 3. The van der Waals surface area contributed by atoms with E-state index >= 15 is 0 Å². The summed E-state index contributed by atoms with van der Waals surface area (Å²) < 4.78 is 41.2. The van der Waals surface area contributed by atoms with Crippen molar-refractivity contribution in [1.29, 1.82) is 0 Å². The quantitative estimate of drug-likeness (QED) is 0.808. The van der Waals surface area contributed by atoms with E-state index in [4.69, 9.17) is 0 Å². The van der Waals surface area contributed by atoms with Gasteiger partial charge in [-0.2, -0.15) is 0 Å². The van der Waals surface area contributed by atoms with E-state index in [1.165, 1.54) is 50.3 Å². The van der Waals surface area contributed by atoms with Crippen molar-refractivity contribution < 1.29 is 22.7 Å². The van der Waals surface area contributed by atoms with Gasteiger partial charge in [0.05, 0.1) is 6.54 Å². The minimum absolute atomic E-state index is 0.00234. The number of benzene rings is 1. The Balaban J connectivity index is 1.79. The number of hydrogen-bond acceptors (Lipinski definition) is 3. The maximum Gasteiger partial charge on any atom is 0.573 e. The van der Waals surface area contributed by atoms with Gasteiger partial charge in [-0.1, -0.05) is 37.5 Å². The molecule has 1 N–H and O–H groups in total. The van der Waals surface area contributed by atoms with Gasteiger partial charge in [0.2, 0.25) is 5.91 Å². The fourth-order valence-electron chi connectivity index (χ4n) is 3.24. The number of nitrogens with one attached hydrogen (secondary N) is 1. The van der Waals surface area contributed by atoms with Crippen molar-refractivity contribution in [1.82, 2.24) is 10.2 Å². The minimum Gasteiger partial charge on any atom is -0.405 e. The van der Waals surface area contributed by atoms with Crippen molar-refractivity contribution in [2.45, 2.75) is 45.0 Å². The first-order valence-corrected chi connectivity index (χ1v) is 8.62. The Bertz CT molecular complexity index is 557. The van der Waals surface area contributed by atoms with Crippen LogP contribution in [0.3, 0.4) is 0 Å². The van der Waals surface area contributed by atoms with Crippen LogP contribution in [0.1, 0.15) is 37.7 Å². The Kier molecular flexibility index (Phi) is 7.11. The van der Waals surface area contributed by atoms with Gasteiger partial charge in [-0.05, 0) is 31.9 Å². The molecule has 0 saturated heterocycles. The van der Waals surface area contributed by atoms with E-state index in [0.717, 1.165) is 6.54 Å². The van der Waals surface area contributed by atoms with Crippen molar-refractivity contribution in [3.63, 3.8) is 0 Å². The van der Waals surface area contributed by atoms with Crippen LogP contribution in [0.2, 0.25) is 0 Å². The second kappa shape index (κ2) is 9.08. The monoisotopic (exact) mass is 358 g/mol. The normalized spacial score (nSPS) is 16.0. The summed E-state index contributed by atoms with van der Waals surface area (Å²) in [5.41, 5.74) is 0.295. The van der Waals surface area contributed by atoms with Crippen molar-refractivity contribution in [2.75, 3.05) is 20.1 Å². The lowest BCUT2D eigenvalue weighted by atomic mass is 9.89. The number of rotatable bonds is 7. The van der Waals surface area contributed by atoms with E-state index in [-0.39, 0.29) is 24.7 Å². The average Bonchev–Trinajstić information content (AvgIpc) is 2.53. The van der Waals surface area contributed by atoms with Crippen LogP contribution in [0.15, 0.2) is 24.3 Å². The molecule has 0 aliphatic heterocycles. The zero-order valence-electron chi connectivity index (χ0n) is 14.4. The first-order valence-electron chi connectivity index (χ1n) is 8.62. The highest BCUT2D eigenvalue weighted by atomic mass is 19.4. The molecule has 7 heteroatoms. The highest BCUT2D eigenvalue weighted by Crippen LogP contribution is 2.26. The fourth-order valence-corrected chi connectivity index (χ4v) is 3.24. The highest BCUT2D eigenvalue weighted by molar-refractivity contribution is 5.78. The molecule has 1 amide bonds. The number of hydrogen-bond donors (Lipinski definition) is 1. The Morgan fingerprint density at radius 3 is 2.60 bits per heavy atom. The zero-order valence-corrected chi connectivity index (χ0v) is 14.4. The molecular formula is C18H25F3N2O2. The molecule has 0 unspecified atom stereocenters. The summed E-state index contributed by atoms with van der Waals surface area (Å²) in [7, 11) is 1.90. The lowest BCUT2D eigenvalue weighted by molar-refractivity contribution is -0.274. The van der Waals surface area contributed by atoms with E-state index in [2.05, 4.69) is 10.1 Å². The van der Waals surface area contributed by atoms with Crippen LogP contribution < -0.4 is 10.1 Å². The predicted octanol–water partition coefficient (Wildman–Crippen LogP) is 3.71. The zero-order chi connectivity index (χ0) is 18.3. The molecule has 25 heavy (non-hydrogen) atoms. The molecular weight excluding hydrogens is 333 g/mol. The number of carbonyl (C=O) groups is 1. The second-order valence-corrected chi connectivity index (χ2v) is 6.63. The highest BCUT2D eigenvalue weighted by Gasteiger charge is 2.32. The lowest BCUT2D eigenvalue weighted by Gasteiger charge is -2.26. The Hall–Kier alpha value is -1.76. The van der Waals surface area contributed by atoms with E-state index in [0.29, 0.717) is 11.5 Å². The van der Waals surface area contributed by atoms with Crippen LogP contribution in [-0.2, 0) is 11.3 Å². The van der Waals surface area contributed by atoms with E-state index in [1.54, 1.807) is 6.07 Å². The van der Waals surface area contributed by atoms with Gasteiger partial charge in [0.25, 0.3) is 0 Å². The molecule has 0 heterocycles. The topological polar surface area (TPSA) is 41.6 Å². The van der Waals surface area contributed by atoms with Crippen LogP contribution in [0.25, 0.3) is 0 Å². The van der Waals surface area contributed by atoms with Crippen LogP contribution in [0.5, 0.6) is 5.75 Å². The lowest BCUT2D eigenvalue weighted by Crippen LogP contribution is -2.37. The molecule has 0 radical (unpaired) electrons. The maximum absolute atomic E-state index is 12.4. The Morgan fingerprint density at radius 2 is 1.92 bits per heavy atom. The van der Waals surface area contributed by atoms with Gasteiger partial charge in [0, 0.05) is 18.7 Å². The molecule has 0 spiro atoms. The number of carbonyl (C=O) groups excluding carboxylic acids is 1. The number of nitrogens with zero attached hydrogens (tertiary/aromatic N) is 1. The molecule has 0 aromatic heterocycles. The van der Waals surface area contributed by atoms with Crippen molar-refractivity contribution in [3.8, 4) is 5.75 Å². The van der Waals surface area contributed by atoms with Crippen molar-refractivity contribution in [2.24, 2.45) is 5.92 Å². The standard InChI is InChI=1S/C18H25F3N2O2/c1-23(12-14-7-3-2-4-8-14)13-17(24)22-11-15-9-5-6-10-16(15)25-18(19,20)21/h5-6,9-10,14H,2-4,7-8,11-13H2,1H3,(H,22,24). The molecule has 1 saturated carbocycles. The average molecular weight is 358 g/mol. The summed E-state index contributed by atoms with van der Waals surface area (Å²) in [4.78, 5) is 14.0. The molecule has 1 aromatic rings. The van der Waals surface area contributed by atoms with Crippen LogP contribution in [0, 0.1) is 5.92 Å². The van der Waals surface area contributed by atoms with Gasteiger partial charge in [-0.15, -0.1) is 13.2 Å². The summed E-state index contributed by atoms with van der Waals surface area (Å²) in [6.07, 6.45) is 1.45. The molecule has 1 aliphatic carbocycles. The fraction of sp³-hybridized carbons (Fsp3) is 0.611. The van der Waals surface area contributed by atoms with Gasteiger partial charge in [-0.25, -0.2) is 0 Å². The molecule has 1 fully saturated rings. The van der Waals surface area contributed by atoms with E-state index in [9.17, 15) is 18.0 Å². The third kappa shape index (κ3) is 7.34. The first-order chi connectivity index (χ1) is 11.8. The summed E-state index contributed by atoms with van der Waals surface area (Å²) in [5, 5.41) is 2.67. The molecule has 1 aromatic carbocycles. The molecule has 0 atom stereocenters. The molecule has 2 rings (SSSR count). The smallest absolute Gasteiger partial charge is 0.405 e. The van der Waals surface area contributed by atoms with Gasteiger partial charge in [-0.3, -0.25) is 9.69 Å². The van der Waals surface area contributed by atoms with Gasteiger partial charge >= 0.3 is 6.36 Å². The van der Waals surface area contributed by atoms with Crippen LogP contribution >= 0.6 is 0 Å². The number of likely N-dealkylation sites (N-methyl/N-ethyl adjacent to an activating group) is 1. The summed E-state index contributed by atoms with van der Waals surface area (Å²) >= 11 is 0. The predicted molar refractivity (Wildman–Crippen MR) is 89.0 cm³/mol. The van der Waals surface area contributed by atoms with Crippen LogP contribution in [0.4, 0.5) is 13.2 Å². The second-order valence-electron chi connectivity index (χ2n) is 6.63. The Morgan fingerprint density at radius 1 is 1.24 bits per heavy atom. The number of para-hydroxylation sites is 1. The maximum atomic E-state index is 12.4. The Labute approximate surface area is 146 Å². The number of amides is 1. The summed E-state index contributed by atoms with van der Waals surface area (Å²) in [5.74, 6) is 0.137. The number of ether oxygens (including phenoxy) is 1. The summed E-state index contributed by atoms with van der Waals surface area (Å²) in [6, 6.07) is 5.82. The van der Waals surface area contributed by atoms with E-state index < -0.39 is 6.36 Å². The van der Waals surface area contributed by atoms with Crippen molar-refractivity contribution >= 4 is 5.91 Å².